The van der Waals surface area contributed by atoms with Gasteiger partial charge in [-0.15, -0.1) is 11.8 Å². The molecule has 1 unspecified atom stereocenters. The number of aromatic nitrogens is 4. The first-order chi connectivity index (χ1) is 9.33. The fraction of sp³-hybridized carbons (Fsp3) is 0.385. The molecule has 2 aromatic rings. The minimum absolute atomic E-state index is 0.264. The third-order valence-electron chi connectivity index (χ3n) is 3.57. The van der Waals surface area contributed by atoms with E-state index < -0.39 is 0 Å². The molecule has 0 amide bonds. The maximum absolute atomic E-state index is 4.64. The number of aryl methyl sites for hydroxylation is 1. The van der Waals surface area contributed by atoms with Crippen LogP contribution >= 0.6 is 11.8 Å². The number of rotatable bonds is 3. The second kappa shape index (κ2) is 4.16. The van der Waals surface area contributed by atoms with Crippen molar-refractivity contribution in [3.05, 3.63) is 41.5 Å². The molecule has 1 fully saturated rings. The molecule has 2 aromatic heterocycles. The predicted octanol–water partition coefficient (Wildman–Crippen LogP) is 2.74. The Kier molecular flexibility index (Phi) is 2.44. The van der Waals surface area contributed by atoms with Crippen LogP contribution in [-0.4, -0.2) is 20.0 Å². The van der Waals surface area contributed by atoms with Gasteiger partial charge in [0.05, 0.1) is 17.6 Å². The van der Waals surface area contributed by atoms with Crippen molar-refractivity contribution in [2.24, 2.45) is 7.05 Å². The SMILES string of the molecule is Cn1cc(N2C=CSC2c2cn[nH]c2)c(C2CC2)n1. The van der Waals surface area contributed by atoms with Crippen LogP contribution in [0.3, 0.4) is 0 Å². The first kappa shape index (κ1) is 11.2. The number of H-pyrrole nitrogens is 1. The second-order valence-electron chi connectivity index (χ2n) is 5.06. The average Bonchev–Trinajstić information content (AvgIpc) is 2.85. The summed E-state index contributed by atoms with van der Waals surface area (Å²) in [4.78, 5) is 2.30. The van der Waals surface area contributed by atoms with Crippen molar-refractivity contribution in [2.45, 2.75) is 24.1 Å². The number of hydrogen-bond acceptors (Lipinski definition) is 4. The highest BCUT2D eigenvalue weighted by Gasteiger charge is 2.34. The summed E-state index contributed by atoms with van der Waals surface area (Å²) in [5.74, 6) is 0.653. The molecule has 0 aromatic carbocycles. The van der Waals surface area contributed by atoms with Gasteiger partial charge in [0, 0.05) is 37.1 Å². The van der Waals surface area contributed by atoms with Gasteiger partial charge in [0.15, 0.2) is 0 Å². The number of thioether (sulfide) groups is 1. The molecule has 0 saturated heterocycles. The highest BCUT2D eigenvalue weighted by molar-refractivity contribution is 8.02. The summed E-state index contributed by atoms with van der Waals surface area (Å²) in [6.07, 6.45) is 10.7. The molecular weight excluding hydrogens is 258 g/mol. The molecule has 98 valence electrons. The Morgan fingerprint density at radius 1 is 1.42 bits per heavy atom. The van der Waals surface area contributed by atoms with E-state index in [9.17, 15) is 0 Å². The van der Waals surface area contributed by atoms with Crippen molar-refractivity contribution < 1.29 is 0 Å². The van der Waals surface area contributed by atoms with Crippen molar-refractivity contribution in [2.75, 3.05) is 4.90 Å². The molecule has 0 radical (unpaired) electrons. The molecule has 1 saturated carbocycles. The Labute approximate surface area is 115 Å². The van der Waals surface area contributed by atoms with E-state index in [4.69, 9.17) is 0 Å². The zero-order chi connectivity index (χ0) is 12.8. The minimum Gasteiger partial charge on any atom is -0.328 e. The van der Waals surface area contributed by atoms with Gasteiger partial charge >= 0.3 is 0 Å². The lowest BCUT2D eigenvalue weighted by Gasteiger charge is -2.23. The highest BCUT2D eigenvalue weighted by Crippen LogP contribution is 2.48. The van der Waals surface area contributed by atoms with Crippen molar-refractivity contribution in [1.29, 1.82) is 0 Å². The molecule has 1 aliphatic carbocycles. The summed E-state index contributed by atoms with van der Waals surface area (Å²) >= 11 is 1.80. The predicted molar refractivity (Wildman–Crippen MR) is 75.7 cm³/mol. The first-order valence-corrected chi connectivity index (χ1v) is 7.40. The van der Waals surface area contributed by atoms with Gasteiger partial charge in [-0.05, 0) is 18.2 Å². The van der Waals surface area contributed by atoms with E-state index in [2.05, 4.69) is 38.0 Å². The van der Waals surface area contributed by atoms with Gasteiger partial charge < -0.3 is 4.90 Å². The van der Waals surface area contributed by atoms with E-state index in [1.54, 1.807) is 11.8 Å². The molecule has 1 atom stereocenters. The lowest BCUT2D eigenvalue weighted by Crippen LogP contribution is -2.17. The normalized spacial score (nSPS) is 22.4. The van der Waals surface area contributed by atoms with E-state index in [-0.39, 0.29) is 5.37 Å². The minimum atomic E-state index is 0.264. The van der Waals surface area contributed by atoms with Gasteiger partial charge in [0.25, 0.3) is 0 Å². The third kappa shape index (κ3) is 1.87. The molecule has 1 N–H and O–H groups in total. The van der Waals surface area contributed by atoms with Gasteiger partial charge in [0.2, 0.25) is 0 Å². The average molecular weight is 273 g/mol. The van der Waals surface area contributed by atoms with Crippen molar-refractivity contribution in [3.63, 3.8) is 0 Å². The second-order valence-corrected chi connectivity index (χ2v) is 6.05. The van der Waals surface area contributed by atoms with Crippen LogP contribution in [0.4, 0.5) is 5.69 Å². The summed E-state index contributed by atoms with van der Waals surface area (Å²) in [5, 5.41) is 14.0. The van der Waals surface area contributed by atoms with Gasteiger partial charge in [0.1, 0.15) is 5.37 Å². The fourth-order valence-corrected chi connectivity index (χ4v) is 3.45. The topological polar surface area (TPSA) is 49.7 Å². The molecule has 0 spiro atoms. The van der Waals surface area contributed by atoms with Gasteiger partial charge in [-0.1, -0.05) is 0 Å². The number of aromatic amines is 1. The van der Waals surface area contributed by atoms with E-state index in [1.165, 1.54) is 29.8 Å². The molecule has 4 rings (SSSR count). The zero-order valence-electron chi connectivity index (χ0n) is 10.7. The Balaban J connectivity index is 1.72. The lowest BCUT2D eigenvalue weighted by molar-refractivity contribution is 0.744. The third-order valence-corrected chi connectivity index (χ3v) is 4.60. The summed E-state index contributed by atoms with van der Waals surface area (Å²) in [6.45, 7) is 0. The standard InChI is InChI=1S/C13H15N5S/c1-17-8-11(12(16-17)9-2-3-9)18-4-5-19-13(18)10-6-14-15-7-10/h4-9,13H,2-3H2,1H3,(H,14,15). The highest BCUT2D eigenvalue weighted by atomic mass is 32.2. The van der Waals surface area contributed by atoms with Crippen LogP contribution in [0.1, 0.15) is 35.4 Å². The lowest BCUT2D eigenvalue weighted by atomic mass is 10.2. The largest absolute Gasteiger partial charge is 0.328 e. The summed E-state index contributed by atoms with van der Waals surface area (Å²) in [7, 11) is 2.00. The number of nitrogens with one attached hydrogen (secondary N) is 1. The molecule has 19 heavy (non-hydrogen) atoms. The van der Waals surface area contributed by atoms with Gasteiger partial charge in [-0.25, -0.2) is 0 Å². The summed E-state index contributed by atoms with van der Waals surface area (Å²) < 4.78 is 1.92. The Hall–Kier alpha value is -1.69. The van der Waals surface area contributed by atoms with E-state index in [0.717, 1.165) is 0 Å². The molecular formula is C13H15N5S. The Bertz CT molecular complexity index is 611. The number of anilines is 1. The molecule has 5 nitrogen and oxygen atoms in total. The number of nitrogens with zero attached hydrogens (tertiary/aromatic N) is 4. The van der Waals surface area contributed by atoms with Crippen LogP contribution in [0.25, 0.3) is 0 Å². The maximum atomic E-state index is 4.64. The fourth-order valence-electron chi connectivity index (χ4n) is 2.50. The molecule has 3 heterocycles. The van der Waals surface area contributed by atoms with Crippen LogP contribution in [0.5, 0.6) is 0 Å². The van der Waals surface area contributed by atoms with Crippen LogP contribution in [0.2, 0.25) is 0 Å². The van der Waals surface area contributed by atoms with Crippen LogP contribution in [-0.2, 0) is 7.05 Å². The van der Waals surface area contributed by atoms with E-state index in [0.29, 0.717) is 5.92 Å². The van der Waals surface area contributed by atoms with Crippen LogP contribution < -0.4 is 4.90 Å². The van der Waals surface area contributed by atoms with Gasteiger partial charge in [-0.3, -0.25) is 9.78 Å². The van der Waals surface area contributed by atoms with E-state index >= 15 is 0 Å². The quantitative estimate of drug-likeness (QED) is 0.934. The van der Waals surface area contributed by atoms with Crippen LogP contribution in [0.15, 0.2) is 30.2 Å². The molecule has 2 aliphatic rings. The first-order valence-electron chi connectivity index (χ1n) is 6.45. The molecule has 6 heteroatoms. The maximum Gasteiger partial charge on any atom is 0.112 e. The smallest absolute Gasteiger partial charge is 0.112 e. The summed E-state index contributed by atoms with van der Waals surface area (Å²) in [5.41, 5.74) is 3.67. The van der Waals surface area contributed by atoms with Crippen molar-refractivity contribution in [3.8, 4) is 0 Å². The Morgan fingerprint density at radius 2 is 2.32 bits per heavy atom. The zero-order valence-corrected chi connectivity index (χ0v) is 11.5. The van der Waals surface area contributed by atoms with Crippen molar-refractivity contribution >= 4 is 17.4 Å². The van der Waals surface area contributed by atoms with Crippen molar-refractivity contribution in [1.82, 2.24) is 20.0 Å². The summed E-state index contributed by atoms with van der Waals surface area (Å²) in [6, 6.07) is 0. The van der Waals surface area contributed by atoms with Gasteiger partial charge in [-0.2, -0.15) is 10.2 Å². The molecule has 1 aliphatic heterocycles. The number of hydrogen-bond donors (Lipinski definition) is 1. The Morgan fingerprint density at radius 3 is 3.05 bits per heavy atom. The monoisotopic (exact) mass is 273 g/mol. The van der Waals surface area contributed by atoms with Crippen LogP contribution in [0, 0.1) is 0 Å². The van der Waals surface area contributed by atoms with E-state index in [1.807, 2.05) is 24.1 Å². The molecule has 0 bridgehead atoms.